The van der Waals surface area contributed by atoms with Crippen LogP contribution in [0.15, 0.2) is 0 Å². The number of rotatable bonds is 29. The minimum Gasteiger partial charge on any atom is -0.463 e. The average molecular weight is 580 g/mol. The predicted octanol–water partition coefficient (Wildman–Crippen LogP) is 6.98. The van der Waals surface area contributed by atoms with Crippen molar-refractivity contribution < 1.29 is 37.9 Å². The first kappa shape index (κ1) is 38.0. The SMILES string of the molecule is CCCCCCCCCCCCCCCCC(=O)OCC(O)COP(=O)(O)OCCNC(=O)CCCCCC. The molecule has 39 heavy (non-hydrogen) atoms. The summed E-state index contributed by atoms with van der Waals surface area (Å²) < 4.78 is 26.4. The summed E-state index contributed by atoms with van der Waals surface area (Å²) in [5.74, 6) is -0.531. The van der Waals surface area contributed by atoms with Crippen LogP contribution in [0.25, 0.3) is 0 Å². The minimum absolute atomic E-state index is 0.0833. The number of ether oxygens (including phenoxy) is 1. The Morgan fingerprint density at radius 3 is 1.69 bits per heavy atom. The number of hydrogen-bond acceptors (Lipinski definition) is 7. The highest BCUT2D eigenvalue weighted by atomic mass is 31.2. The second-order valence-corrected chi connectivity index (χ2v) is 11.9. The molecule has 0 aliphatic carbocycles. The fourth-order valence-corrected chi connectivity index (χ4v) is 4.90. The van der Waals surface area contributed by atoms with Crippen LogP contribution in [0.3, 0.4) is 0 Å². The number of phosphoric ester groups is 1. The van der Waals surface area contributed by atoms with E-state index in [1.807, 2.05) is 0 Å². The van der Waals surface area contributed by atoms with Crippen molar-refractivity contribution in [3.05, 3.63) is 0 Å². The molecule has 3 N–H and O–H groups in total. The molecule has 0 spiro atoms. The molecule has 232 valence electrons. The third-order valence-electron chi connectivity index (χ3n) is 6.54. The number of nitrogens with one attached hydrogen (secondary N) is 1. The Balaban J connectivity index is 3.60. The van der Waals surface area contributed by atoms with E-state index in [-0.39, 0.29) is 32.1 Å². The molecule has 0 fully saturated rings. The highest BCUT2D eigenvalue weighted by Crippen LogP contribution is 2.42. The van der Waals surface area contributed by atoms with Gasteiger partial charge in [0.1, 0.15) is 12.7 Å². The van der Waals surface area contributed by atoms with Crippen LogP contribution >= 0.6 is 7.82 Å². The van der Waals surface area contributed by atoms with Crippen molar-refractivity contribution in [2.24, 2.45) is 0 Å². The molecule has 2 atom stereocenters. The van der Waals surface area contributed by atoms with Gasteiger partial charge in [0.2, 0.25) is 5.91 Å². The summed E-state index contributed by atoms with van der Waals surface area (Å²) >= 11 is 0. The van der Waals surface area contributed by atoms with Gasteiger partial charge in [0.25, 0.3) is 0 Å². The summed E-state index contributed by atoms with van der Waals surface area (Å²) in [6.07, 6.45) is 20.8. The van der Waals surface area contributed by atoms with Crippen molar-refractivity contribution in [2.45, 2.75) is 148 Å². The molecule has 0 radical (unpaired) electrons. The summed E-state index contributed by atoms with van der Waals surface area (Å²) in [7, 11) is -4.38. The van der Waals surface area contributed by atoms with Gasteiger partial charge in [-0.25, -0.2) is 4.57 Å². The Morgan fingerprint density at radius 1 is 0.692 bits per heavy atom. The summed E-state index contributed by atoms with van der Waals surface area (Å²) in [6.45, 7) is 3.41. The molecule has 0 aliphatic heterocycles. The highest BCUT2D eigenvalue weighted by Gasteiger charge is 2.23. The van der Waals surface area contributed by atoms with E-state index in [0.717, 1.165) is 44.9 Å². The normalized spacial score (nSPS) is 13.6. The molecule has 0 aromatic rings. The molecular weight excluding hydrogens is 521 g/mol. The first-order valence-electron chi connectivity index (χ1n) is 15.5. The van der Waals surface area contributed by atoms with Crippen LogP contribution in [0.4, 0.5) is 0 Å². The number of hydrogen-bond donors (Lipinski definition) is 3. The van der Waals surface area contributed by atoms with Gasteiger partial charge in [-0.2, -0.15) is 0 Å². The van der Waals surface area contributed by atoms with E-state index in [0.29, 0.717) is 6.42 Å². The fourth-order valence-electron chi connectivity index (χ4n) is 4.14. The maximum absolute atomic E-state index is 11.9. The van der Waals surface area contributed by atoms with Gasteiger partial charge < -0.3 is 20.1 Å². The third kappa shape index (κ3) is 28.3. The van der Waals surface area contributed by atoms with Crippen molar-refractivity contribution >= 4 is 19.7 Å². The number of unbranched alkanes of at least 4 members (excludes halogenated alkanes) is 16. The molecule has 0 saturated carbocycles. The number of amides is 1. The van der Waals surface area contributed by atoms with Gasteiger partial charge in [-0.3, -0.25) is 18.6 Å². The fraction of sp³-hybridized carbons (Fsp3) is 0.931. The van der Waals surface area contributed by atoms with E-state index < -0.39 is 26.5 Å². The number of phosphoric acid groups is 1. The second kappa shape index (κ2) is 27.2. The number of aliphatic hydroxyl groups excluding tert-OH is 1. The third-order valence-corrected chi connectivity index (χ3v) is 7.52. The quantitative estimate of drug-likeness (QED) is 0.0491. The molecule has 0 aromatic heterocycles. The lowest BCUT2D eigenvalue weighted by atomic mass is 10.0. The zero-order chi connectivity index (χ0) is 29.0. The van der Waals surface area contributed by atoms with Crippen LogP contribution in [0.5, 0.6) is 0 Å². The van der Waals surface area contributed by atoms with Crippen molar-refractivity contribution in [1.29, 1.82) is 0 Å². The summed E-state index contributed by atoms with van der Waals surface area (Å²) in [5, 5.41) is 12.5. The summed E-state index contributed by atoms with van der Waals surface area (Å²) in [5.41, 5.74) is 0. The maximum Gasteiger partial charge on any atom is 0.472 e. The van der Waals surface area contributed by atoms with E-state index in [2.05, 4.69) is 19.2 Å². The Kier molecular flexibility index (Phi) is 26.5. The van der Waals surface area contributed by atoms with Gasteiger partial charge in [-0.1, -0.05) is 117 Å². The van der Waals surface area contributed by atoms with E-state index in [1.165, 1.54) is 70.6 Å². The Bertz CT molecular complexity index is 634. The highest BCUT2D eigenvalue weighted by molar-refractivity contribution is 7.47. The van der Waals surface area contributed by atoms with E-state index in [9.17, 15) is 24.2 Å². The number of aliphatic hydroxyl groups is 1. The lowest BCUT2D eigenvalue weighted by Crippen LogP contribution is -2.27. The number of carbonyl (C=O) groups is 2. The summed E-state index contributed by atoms with van der Waals surface area (Å²) in [6, 6.07) is 0. The van der Waals surface area contributed by atoms with Crippen LogP contribution in [-0.2, 0) is 27.9 Å². The maximum atomic E-state index is 11.9. The van der Waals surface area contributed by atoms with Crippen molar-refractivity contribution in [2.75, 3.05) is 26.4 Å². The summed E-state index contributed by atoms with van der Waals surface area (Å²) in [4.78, 5) is 33.2. The largest absolute Gasteiger partial charge is 0.472 e. The average Bonchev–Trinajstić information content (AvgIpc) is 2.91. The molecule has 0 bridgehead atoms. The first-order valence-corrected chi connectivity index (χ1v) is 17.0. The monoisotopic (exact) mass is 579 g/mol. The van der Waals surface area contributed by atoms with Crippen molar-refractivity contribution in [1.82, 2.24) is 5.32 Å². The minimum atomic E-state index is -4.38. The number of esters is 1. The van der Waals surface area contributed by atoms with E-state index in [4.69, 9.17) is 13.8 Å². The first-order chi connectivity index (χ1) is 18.8. The Labute approximate surface area is 237 Å². The molecule has 0 rings (SSSR count). The van der Waals surface area contributed by atoms with Crippen LogP contribution in [0.2, 0.25) is 0 Å². The molecule has 0 aromatic carbocycles. The van der Waals surface area contributed by atoms with Gasteiger partial charge in [-0.05, 0) is 12.8 Å². The van der Waals surface area contributed by atoms with Gasteiger partial charge in [-0.15, -0.1) is 0 Å². The standard InChI is InChI=1S/C29H58NO8P/c1-3-5-7-9-10-11-12-13-14-15-16-17-18-20-22-29(33)36-25-27(31)26-38-39(34,35)37-24-23-30-28(32)21-19-8-6-4-2/h27,31H,3-26H2,1-2H3,(H,30,32)(H,34,35). The van der Waals surface area contributed by atoms with Crippen LogP contribution in [-0.4, -0.2) is 54.3 Å². The Morgan fingerprint density at radius 2 is 1.15 bits per heavy atom. The molecular formula is C29H58NO8P. The van der Waals surface area contributed by atoms with Gasteiger partial charge >= 0.3 is 13.8 Å². The molecule has 0 heterocycles. The van der Waals surface area contributed by atoms with E-state index >= 15 is 0 Å². The zero-order valence-electron chi connectivity index (χ0n) is 24.8. The lowest BCUT2D eigenvalue weighted by Gasteiger charge is -2.15. The lowest BCUT2D eigenvalue weighted by molar-refractivity contribution is -0.147. The van der Waals surface area contributed by atoms with Crippen molar-refractivity contribution in [3.8, 4) is 0 Å². The molecule has 0 saturated heterocycles. The van der Waals surface area contributed by atoms with Gasteiger partial charge in [0, 0.05) is 19.4 Å². The van der Waals surface area contributed by atoms with Gasteiger partial charge in [0.05, 0.1) is 13.2 Å². The second-order valence-electron chi connectivity index (χ2n) is 10.4. The van der Waals surface area contributed by atoms with Crippen LogP contribution in [0, 0.1) is 0 Å². The molecule has 10 heteroatoms. The Hall–Kier alpha value is -0.990. The molecule has 2 unspecified atom stereocenters. The molecule has 0 aliphatic rings. The zero-order valence-corrected chi connectivity index (χ0v) is 25.7. The predicted molar refractivity (Wildman–Crippen MR) is 155 cm³/mol. The van der Waals surface area contributed by atoms with E-state index in [1.54, 1.807) is 0 Å². The van der Waals surface area contributed by atoms with Crippen LogP contribution < -0.4 is 5.32 Å². The molecule has 1 amide bonds. The smallest absolute Gasteiger partial charge is 0.463 e. The molecule has 9 nitrogen and oxygen atoms in total. The van der Waals surface area contributed by atoms with Gasteiger partial charge in [0.15, 0.2) is 0 Å². The van der Waals surface area contributed by atoms with Crippen LogP contribution in [0.1, 0.15) is 142 Å². The van der Waals surface area contributed by atoms with Crippen molar-refractivity contribution in [3.63, 3.8) is 0 Å². The number of carbonyl (C=O) groups excluding carboxylic acids is 2. The topological polar surface area (TPSA) is 131 Å².